The molecule has 5 nitrogen and oxygen atoms in total. The van der Waals surface area contributed by atoms with Crippen molar-refractivity contribution in [1.82, 2.24) is 5.32 Å². The zero-order chi connectivity index (χ0) is 17.7. The van der Waals surface area contributed by atoms with Gasteiger partial charge in [0.25, 0.3) is 5.91 Å². The second kappa shape index (κ2) is 7.44. The molecule has 0 heterocycles. The highest BCUT2D eigenvalue weighted by atomic mass is 32.2. The van der Waals surface area contributed by atoms with Gasteiger partial charge in [-0.05, 0) is 36.8 Å². The largest absolute Gasteiger partial charge is 0.350 e. The van der Waals surface area contributed by atoms with Gasteiger partial charge in [0, 0.05) is 6.54 Å². The van der Waals surface area contributed by atoms with Gasteiger partial charge in [-0.3, -0.25) is 9.10 Å². The van der Waals surface area contributed by atoms with Crippen LogP contribution in [0.25, 0.3) is 0 Å². The number of amides is 1. The molecule has 0 aliphatic heterocycles. The molecule has 2 aromatic rings. The molecule has 0 aliphatic carbocycles. The minimum atomic E-state index is -3.50. The molecule has 24 heavy (non-hydrogen) atoms. The molecule has 0 saturated carbocycles. The molecule has 2 aromatic carbocycles. The van der Waals surface area contributed by atoms with Gasteiger partial charge in [0.05, 0.1) is 24.1 Å². The Kier molecular flexibility index (Phi) is 5.56. The van der Waals surface area contributed by atoms with E-state index >= 15 is 0 Å². The van der Waals surface area contributed by atoms with Gasteiger partial charge in [-0.1, -0.05) is 24.3 Å². The van der Waals surface area contributed by atoms with Crippen LogP contribution in [0.1, 0.15) is 15.9 Å². The Morgan fingerprint density at radius 2 is 1.88 bits per heavy atom. The third kappa shape index (κ3) is 4.55. The molecule has 128 valence electrons. The van der Waals surface area contributed by atoms with Crippen LogP contribution in [0.2, 0.25) is 0 Å². The van der Waals surface area contributed by atoms with E-state index in [1.807, 2.05) is 13.0 Å². The van der Waals surface area contributed by atoms with Gasteiger partial charge in [-0.15, -0.1) is 0 Å². The lowest BCUT2D eigenvalue weighted by atomic mass is 10.2. The van der Waals surface area contributed by atoms with Crippen molar-refractivity contribution in [3.63, 3.8) is 0 Å². The number of hydrogen-bond acceptors (Lipinski definition) is 3. The number of hydrogen-bond donors (Lipinski definition) is 1. The third-order valence-corrected chi connectivity index (χ3v) is 4.60. The number of carbonyl (C=O) groups is 1. The van der Waals surface area contributed by atoms with Crippen molar-refractivity contribution in [2.24, 2.45) is 0 Å². The van der Waals surface area contributed by atoms with Crippen molar-refractivity contribution in [2.75, 3.05) is 23.7 Å². The van der Waals surface area contributed by atoms with E-state index in [1.54, 1.807) is 24.3 Å². The zero-order valence-electron chi connectivity index (χ0n) is 13.5. The maximum Gasteiger partial charge on any atom is 0.254 e. The normalized spacial score (nSPS) is 11.1. The highest BCUT2D eigenvalue weighted by molar-refractivity contribution is 7.92. The molecule has 2 rings (SSSR count). The van der Waals surface area contributed by atoms with Gasteiger partial charge in [-0.25, -0.2) is 12.8 Å². The predicted molar refractivity (Wildman–Crippen MR) is 92.1 cm³/mol. The molecule has 0 fully saturated rings. The molecule has 0 unspecified atom stereocenters. The Morgan fingerprint density at radius 1 is 1.17 bits per heavy atom. The summed E-state index contributed by atoms with van der Waals surface area (Å²) in [5.41, 5.74) is 1.38. The number of carbonyl (C=O) groups excluding carboxylic acids is 1. The van der Waals surface area contributed by atoms with Crippen LogP contribution in [0.5, 0.6) is 0 Å². The van der Waals surface area contributed by atoms with E-state index in [0.29, 0.717) is 5.69 Å². The van der Waals surface area contributed by atoms with E-state index in [4.69, 9.17) is 0 Å². The maximum atomic E-state index is 13.6. The molecule has 0 bridgehead atoms. The Hall–Kier alpha value is -2.41. The molecule has 0 spiro atoms. The summed E-state index contributed by atoms with van der Waals surface area (Å²) >= 11 is 0. The lowest BCUT2D eigenvalue weighted by Crippen LogP contribution is -2.38. The number of rotatable bonds is 6. The van der Waals surface area contributed by atoms with Gasteiger partial charge in [0.1, 0.15) is 5.82 Å². The van der Waals surface area contributed by atoms with E-state index in [9.17, 15) is 17.6 Å². The highest BCUT2D eigenvalue weighted by Crippen LogP contribution is 2.18. The quantitative estimate of drug-likeness (QED) is 0.869. The second-order valence-corrected chi connectivity index (χ2v) is 7.32. The Labute approximate surface area is 141 Å². The van der Waals surface area contributed by atoms with Crippen LogP contribution in [0.3, 0.4) is 0 Å². The topological polar surface area (TPSA) is 66.5 Å². The van der Waals surface area contributed by atoms with Gasteiger partial charge in [0.2, 0.25) is 10.0 Å². The molecular weight excluding hydrogens is 331 g/mol. The van der Waals surface area contributed by atoms with Crippen LogP contribution in [-0.4, -0.2) is 33.7 Å². The number of nitrogens with one attached hydrogen (secondary N) is 1. The van der Waals surface area contributed by atoms with Gasteiger partial charge >= 0.3 is 0 Å². The van der Waals surface area contributed by atoms with Crippen LogP contribution in [-0.2, 0) is 10.0 Å². The molecule has 7 heteroatoms. The van der Waals surface area contributed by atoms with E-state index in [1.165, 1.54) is 22.5 Å². The standard InChI is InChI=1S/C17H19FN2O3S/c1-13-6-5-7-14(12-13)20(24(2,22)23)11-10-19-17(21)15-8-3-4-9-16(15)18/h3-9,12H,10-11H2,1-2H3,(H,19,21). The first kappa shape index (κ1) is 17.9. The lowest BCUT2D eigenvalue weighted by molar-refractivity contribution is 0.0951. The van der Waals surface area contributed by atoms with Gasteiger partial charge in [-0.2, -0.15) is 0 Å². The van der Waals surface area contributed by atoms with Gasteiger partial charge in [0.15, 0.2) is 0 Å². The monoisotopic (exact) mass is 350 g/mol. The summed E-state index contributed by atoms with van der Waals surface area (Å²) in [7, 11) is -3.50. The highest BCUT2D eigenvalue weighted by Gasteiger charge is 2.18. The number of sulfonamides is 1. The zero-order valence-corrected chi connectivity index (χ0v) is 14.3. The Balaban J connectivity index is 2.07. The van der Waals surface area contributed by atoms with E-state index in [0.717, 1.165) is 11.8 Å². The fourth-order valence-corrected chi connectivity index (χ4v) is 3.20. The van der Waals surface area contributed by atoms with Crippen molar-refractivity contribution >= 4 is 21.6 Å². The number of anilines is 1. The van der Waals surface area contributed by atoms with Crippen LogP contribution >= 0.6 is 0 Å². The summed E-state index contributed by atoms with van der Waals surface area (Å²) in [6.45, 7) is 1.99. The molecule has 0 aromatic heterocycles. The Morgan fingerprint density at radius 3 is 2.50 bits per heavy atom. The van der Waals surface area contributed by atoms with Crippen molar-refractivity contribution < 1.29 is 17.6 Å². The third-order valence-electron chi connectivity index (χ3n) is 3.41. The van der Waals surface area contributed by atoms with Crippen molar-refractivity contribution in [3.8, 4) is 0 Å². The lowest BCUT2D eigenvalue weighted by Gasteiger charge is -2.23. The smallest absolute Gasteiger partial charge is 0.254 e. The van der Waals surface area contributed by atoms with Crippen LogP contribution in [0.15, 0.2) is 48.5 Å². The number of nitrogens with zero attached hydrogens (tertiary/aromatic N) is 1. The molecule has 0 atom stereocenters. The summed E-state index contributed by atoms with van der Waals surface area (Å²) < 4.78 is 38.8. The fraction of sp³-hybridized carbons (Fsp3) is 0.235. The summed E-state index contributed by atoms with van der Waals surface area (Å²) in [6.07, 6.45) is 1.11. The van der Waals surface area contributed by atoms with E-state index in [2.05, 4.69) is 5.32 Å². The van der Waals surface area contributed by atoms with E-state index in [-0.39, 0.29) is 18.7 Å². The average Bonchev–Trinajstić information content (AvgIpc) is 2.50. The van der Waals surface area contributed by atoms with Crippen LogP contribution in [0, 0.1) is 12.7 Å². The number of aryl methyl sites for hydroxylation is 1. The maximum absolute atomic E-state index is 13.6. The minimum Gasteiger partial charge on any atom is -0.350 e. The summed E-state index contributed by atoms with van der Waals surface area (Å²) in [6, 6.07) is 12.7. The molecular formula is C17H19FN2O3S. The first-order chi connectivity index (χ1) is 11.3. The first-order valence-corrected chi connectivity index (χ1v) is 9.21. The number of halogens is 1. The average molecular weight is 350 g/mol. The Bertz CT molecular complexity index is 837. The number of benzene rings is 2. The fourth-order valence-electron chi connectivity index (χ4n) is 2.28. The van der Waals surface area contributed by atoms with Crippen molar-refractivity contribution in [3.05, 3.63) is 65.5 Å². The minimum absolute atomic E-state index is 0.0580. The molecule has 1 amide bonds. The van der Waals surface area contributed by atoms with Crippen LogP contribution in [0.4, 0.5) is 10.1 Å². The summed E-state index contributed by atoms with van der Waals surface area (Å²) in [5.74, 6) is -1.19. The van der Waals surface area contributed by atoms with Crippen molar-refractivity contribution in [2.45, 2.75) is 6.92 Å². The predicted octanol–water partition coefficient (Wildman–Crippen LogP) is 2.33. The first-order valence-electron chi connectivity index (χ1n) is 7.36. The summed E-state index contributed by atoms with van der Waals surface area (Å²) in [4.78, 5) is 12.0. The van der Waals surface area contributed by atoms with Gasteiger partial charge < -0.3 is 5.32 Å². The second-order valence-electron chi connectivity index (χ2n) is 5.41. The molecule has 0 aliphatic rings. The van der Waals surface area contributed by atoms with E-state index < -0.39 is 21.7 Å². The van der Waals surface area contributed by atoms with Crippen molar-refractivity contribution in [1.29, 1.82) is 0 Å². The molecule has 0 saturated heterocycles. The molecule has 0 radical (unpaired) electrons. The molecule has 1 N–H and O–H groups in total. The summed E-state index contributed by atoms with van der Waals surface area (Å²) in [5, 5.41) is 2.54. The SMILES string of the molecule is Cc1cccc(N(CCNC(=O)c2ccccc2F)S(C)(=O)=O)c1. The van der Waals surface area contributed by atoms with Crippen LogP contribution < -0.4 is 9.62 Å².